The second kappa shape index (κ2) is 4.88. The minimum absolute atomic E-state index is 0.0230. The van der Waals surface area contributed by atoms with Crippen molar-refractivity contribution in [2.45, 2.75) is 12.8 Å². The summed E-state index contributed by atoms with van der Waals surface area (Å²) in [4.78, 5) is 15.5. The van der Waals surface area contributed by atoms with Crippen LogP contribution >= 0.6 is 0 Å². The van der Waals surface area contributed by atoms with Gasteiger partial charge in [-0.15, -0.1) is 0 Å². The summed E-state index contributed by atoms with van der Waals surface area (Å²) in [6.45, 7) is 1.63. The van der Waals surface area contributed by atoms with Gasteiger partial charge in [0.2, 0.25) is 0 Å². The molecule has 4 nitrogen and oxygen atoms in total. The van der Waals surface area contributed by atoms with Gasteiger partial charge in [-0.1, -0.05) is 12.1 Å². The maximum atomic E-state index is 12.2. The van der Waals surface area contributed by atoms with E-state index in [9.17, 15) is 4.79 Å². The number of carbonyl (C=O) groups excluding carboxylic acids is 1. The van der Waals surface area contributed by atoms with Crippen LogP contribution in [0.4, 0.5) is 10.5 Å². The Labute approximate surface area is 101 Å². The highest BCUT2D eigenvalue weighted by molar-refractivity contribution is 5.93. The molecular formula is C13H15N3O. The van der Waals surface area contributed by atoms with Crippen LogP contribution in [0.5, 0.6) is 0 Å². The minimum Gasteiger partial charge on any atom is -0.324 e. The van der Waals surface area contributed by atoms with E-state index in [2.05, 4.69) is 6.07 Å². The molecule has 1 aliphatic rings. The predicted octanol–water partition coefficient (Wildman–Crippen LogP) is 2.21. The molecule has 0 bridgehead atoms. The van der Waals surface area contributed by atoms with E-state index in [1.54, 1.807) is 30.1 Å². The van der Waals surface area contributed by atoms with Gasteiger partial charge >= 0.3 is 6.03 Å². The number of rotatable bonds is 1. The lowest BCUT2D eigenvalue weighted by molar-refractivity contribution is 0.217. The smallest absolute Gasteiger partial charge is 0.324 e. The highest BCUT2D eigenvalue weighted by Crippen LogP contribution is 2.20. The lowest BCUT2D eigenvalue weighted by atomic mass is 10.2. The number of hydrogen-bond donors (Lipinski definition) is 0. The van der Waals surface area contributed by atoms with Crippen LogP contribution in [0.1, 0.15) is 18.4 Å². The van der Waals surface area contributed by atoms with Gasteiger partial charge in [0.05, 0.1) is 11.3 Å². The molecule has 0 radical (unpaired) electrons. The number of benzene rings is 1. The van der Waals surface area contributed by atoms with Gasteiger partial charge in [0.1, 0.15) is 6.07 Å². The molecule has 0 unspecified atom stereocenters. The second-order valence-corrected chi connectivity index (χ2v) is 4.16. The molecule has 0 atom stereocenters. The zero-order valence-corrected chi connectivity index (χ0v) is 9.89. The average molecular weight is 229 g/mol. The zero-order chi connectivity index (χ0) is 12.3. The van der Waals surface area contributed by atoms with Crippen molar-refractivity contribution in [1.82, 2.24) is 4.90 Å². The first-order valence-electron chi connectivity index (χ1n) is 5.76. The third-order valence-corrected chi connectivity index (χ3v) is 3.05. The minimum atomic E-state index is -0.0230. The van der Waals surface area contributed by atoms with Gasteiger partial charge in [0.15, 0.2) is 0 Å². The Morgan fingerprint density at radius 3 is 2.65 bits per heavy atom. The fourth-order valence-corrected chi connectivity index (χ4v) is 2.08. The van der Waals surface area contributed by atoms with Crippen LogP contribution in [0.3, 0.4) is 0 Å². The average Bonchev–Trinajstić information content (AvgIpc) is 2.90. The maximum Gasteiger partial charge on any atom is 0.324 e. The molecule has 0 aliphatic carbocycles. The molecule has 1 aromatic rings. The van der Waals surface area contributed by atoms with Crippen LogP contribution in [-0.2, 0) is 0 Å². The fraction of sp³-hybridized carbons (Fsp3) is 0.385. The van der Waals surface area contributed by atoms with Gasteiger partial charge in [0.25, 0.3) is 0 Å². The summed E-state index contributed by atoms with van der Waals surface area (Å²) in [5.74, 6) is 0. The summed E-state index contributed by atoms with van der Waals surface area (Å²) in [5.41, 5.74) is 1.20. The van der Waals surface area contributed by atoms with E-state index in [1.165, 1.54) is 0 Å². The fourth-order valence-electron chi connectivity index (χ4n) is 2.08. The van der Waals surface area contributed by atoms with Crippen molar-refractivity contribution in [3.05, 3.63) is 29.8 Å². The number of anilines is 1. The van der Waals surface area contributed by atoms with E-state index in [1.807, 2.05) is 11.0 Å². The molecule has 1 aliphatic heterocycles. The van der Waals surface area contributed by atoms with Crippen LogP contribution in [0.2, 0.25) is 0 Å². The van der Waals surface area contributed by atoms with Crippen LogP contribution in [0.25, 0.3) is 0 Å². The van der Waals surface area contributed by atoms with Crippen molar-refractivity contribution in [2.24, 2.45) is 0 Å². The van der Waals surface area contributed by atoms with E-state index in [4.69, 9.17) is 5.26 Å². The van der Waals surface area contributed by atoms with Crippen LogP contribution in [0, 0.1) is 11.3 Å². The van der Waals surface area contributed by atoms with Gasteiger partial charge < -0.3 is 4.90 Å². The molecule has 0 saturated carbocycles. The molecule has 1 saturated heterocycles. The Balaban J connectivity index is 2.21. The molecule has 0 N–H and O–H groups in total. The number of para-hydroxylation sites is 1. The maximum absolute atomic E-state index is 12.2. The lowest BCUT2D eigenvalue weighted by Gasteiger charge is -2.24. The summed E-state index contributed by atoms with van der Waals surface area (Å²) in [6.07, 6.45) is 2.14. The number of nitrogens with zero attached hydrogens (tertiary/aromatic N) is 3. The Hall–Kier alpha value is -2.02. The molecule has 1 aromatic carbocycles. The molecule has 2 rings (SSSR count). The summed E-state index contributed by atoms with van der Waals surface area (Å²) in [7, 11) is 1.72. The number of urea groups is 1. The number of carbonyl (C=O) groups is 1. The van der Waals surface area contributed by atoms with Gasteiger partial charge in [-0.25, -0.2) is 4.79 Å². The first kappa shape index (κ1) is 11.5. The molecule has 17 heavy (non-hydrogen) atoms. The zero-order valence-electron chi connectivity index (χ0n) is 9.89. The quantitative estimate of drug-likeness (QED) is 0.741. The van der Waals surface area contributed by atoms with E-state index in [0.717, 1.165) is 25.9 Å². The Morgan fingerprint density at radius 1 is 1.35 bits per heavy atom. The van der Waals surface area contributed by atoms with E-state index in [0.29, 0.717) is 11.3 Å². The van der Waals surface area contributed by atoms with E-state index in [-0.39, 0.29) is 6.03 Å². The normalized spacial score (nSPS) is 14.5. The van der Waals surface area contributed by atoms with E-state index < -0.39 is 0 Å². The Bertz CT molecular complexity index is 458. The second-order valence-electron chi connectivity index (χ2n) is 4.16. The van der Waals surface area contributed by atoms with Crippen molar-refractivity contribution in [2.75, 3.05) is 25.0 Å². The van der Waals surface area contributed by atoms with Gasteiger partial charge in [-0.2, -0.15) is 5.26 Å². The lowest BCUT2D eigenvalue weighted by Crippen LogP contribution is -2.39. The standard InChI is InChI=1S/C13H15N3O/c1-15(13(17)16-8-4-5-9-16)12-7-3-2-6-11(12)10-14/h2-3,6-7H,4-5,8-9H2,1H3. The highest BCUT2D eigenvalue weighted by Gasteiger charge is 2.23. The summed E-state index contributed by atoms with van der Waals surface area (Å²) in [5, 5.41) is 9.01. The molecular weight excluding hydrogens is 214 g/mol. The first-order chi connectivity index (χ1) is 8.24. The third-order valence-electron chi connectivity index (χ3n) is 3.05. The first-order valence-corrected chi connectivity index (χ1v) is 5.76. The number of amides is 2. The topological polar surface area (TPSA) is 47.3 Å². The predicted molar refractivity (Wildman–Crippen MR) is 65.8 cm³/mol. The molecule has 0 spiro atoms. The van der Waals surface area contributed by atoms with Crippen molar-refractivity contribution in [1.29, 1.82) is 5.26 Å². The summed E-state index contributed by atoms with van der Waals surface area (Å²) in [6, 6.07) is 9.25. The van der Waals surface area contributed by atoms with Crippen molar-refractivity contribution < 1.29 is 4.79 Å². The summed E-state index contributed by atoms with van der Waals surface area (Å²) >= 11 is 0. The number of hydrogen-bond acceptors (Lipinski definition) is 2. The van der Waals surface area contributed by atoms with Crippen LogP contribution in [-0.4, -0.2) is 31.1 Å². The van der Waals surface area contributed by atoms with Crippen LogP contribution in [0.15, 0.2) is 24.3 Å². The van der Waals surface area contributed by atoms with Crippen molar-refractivity contribution in [3.63, 3.8) is 0 Å². The summed E-state index contributed by atoms with van der Waals surface area (Å²) < 4.78 is 0. The number of likely N-dealkylation sites (tertiary alicyclic amines) is 1. The SMILES string of the molecule is CN(C(=O)N1CCCC1)c1ccccc1C#N. The molecule has 2 amide bonds. The molecule has 1 fully saturated rings. The van der Waals surface area contributed by atoms with Gasteiger partial charge in [-0.3, -0.25) is 4.90 Å². The van der Waals surface area contributed by atoms with Crippen molar-refractivity contribution >= 4 is 11.7 Å². The monoisotopic (exact) mass is 229 g/mol. The molecule has 0 aromatic heterocycles. The third kappa shape index (κ3) is 2.23. The van der Waals surface area contributed by atoms with Gasteiger partial charge in [-0.05, 0) is 25.0 Å². The number of nitriles is 1. The van der Waals surface area contributed by atoms with Crippen LogP contribution < -0.4 is 4.90 Å². The largest absolute Gasteiger partial charge is 0.324 e. The van der Waals surface area contributed by atoms with E-state index >= 15 is 0 Å². The molecule has 4 heteroatoms. The Morgan fingerprint density at radius 2 is 2.00 bits per heavy atom. The van der Waals surface area contributed by atoms with Gasteiger partial charge in [0, 0.05) is 20.1 Å². The molecule has 88 valence electrons. The molecule has 1 heterocycles. The Kier molecular flexibility index (Phi) is 3.29. The highest BCUT2D eigenvalue weighted by atomic mass is 16.2. The van der Waals surface area contributed by atoms with Crippen molar-refractivity contribution in [3.8, 4) is 6.07 Å².